The van der Waals surface area contributed by atoms with Crippen LogP contribution in [0.3, 0.4) is 0 Å². The highest BCUT2D eigenvalue weighted by molar-refractivity contribution is 6.39. The Morgan fingerprint density at radius 3 is 2.55 bits per heavy atom. The maximum Gasteiger partial charge on any atom is 0.229 e. The van der Waals surface area contributed by atoms with Crippen molar-refractivity contribution in [3.05, 3.63) is 45.7 Å². The second kappa shape index (κ2) is 6.48. The van der Waals surface area contributed by atoms with Crippen molar-refractivity contribution in [2.75, 3.05) is 5.32 Å². The average Bonchev–Trinajstić information content (AvgIpc) is 2.79. The number of para-hydroxylation sites is 1. The van der Waals surface area contributed by atoms with E-state index in [0.29, 0.717) is 27.3 Å². The van der Waals surface area contributed by atoms with E-state index in [2.05, 4.69) is 10.4 Å². The molecule has 1 aromatic heterocycles. The summed E-state index contributed by atoms with van der Waals surface area (Å²) in [5, 5.41) is 8.10. The summed E-state index contributed by atoms with van der Waals surface area (Å²) in [6.07, 6.45) is 3.19. The van der Waals surface area contributed by atoms with Gasteiger partial charge in [-0.25, -0.2) is 0 Å². The minimum atomic E-state index is -0.307. The van der Waals surface area contributed by atoms with Gasteiger partial charge in [-0.2, -0.15) is 5.10 Å². The number of rotatable bonds is 4. The van der Waals surface area contributed by atoms with Crippen molar-refractivity contribution in [1.29, 1.82) is 0 Å². The van der Waals surface area contributed by atoms with Gasteiger partial charge >= 0.3 is 0 Å². The second-order valence-corrected chi connectivity index (χ2v) is 5.62. The fourth-order valence-electron chi connectivity index (χ4n) is 1.67. The third kappa shape index (κ3) is 3.66. The summed E-state index contributed by atoms with van der Waals surface area (Å²) in [7, 11) is 0. The molecule has 1 atom stereocenters. The van der Waals surface area contributed by atoms with Crippen molar-refractivity contribution in [3.63, 3.8) is 0 Å². The van der Waals surface area contributed by atoms with Crippen molar-refractivity contribution in [1.82, 2.24) is 9.78 Å². The number of nitrogens with zero attached hydrogens (tertiary/aromatic N) is 2. The van der Waals surface area contributed by atoms with E-state index in [1.165, 1.54) is 6.20 Å². The van der Waals surface area contributed by atoms with E-state index < -0.39 is 0 Å². The number of anilines is 1. The fraction of sp³-hybridized carbons (Fsp3) is 0.231. The first kappa shape index (κ1) is 15.2. The van der Waals surface area contributed by atoms with E-state index in [1.54, 1.807) is 36.0 Å². The number of amides is 1. The number of benzene rings is 1. The molecule has 0 saturated heterocycles. The molecule has 2 aromatic rings. The summed E-state index contributed by atoms with van der Waals surface area (Å²) in [6, 6.07) is 5.05. The lowest BCUT2D eigenvalue weighted by atomic mass is 10.1. The van der Waals surface area contributed by atoms with Gasteiger partial charge in [-0.3, -0.25) is 9.48 Å². The number of carbonyl (C=O) groups is 1. The number of hydrogen-bond acceptors (Lipinski definition) is 2. The molecule has 7 heteroatoms. The van der Waals surface area contributed by atoms with E-state index in [4.69, 9.17) is 34.8 Å². The van der Waals surface area contributed by atoms with Crippen LogP contribution in [0.5, 0.6) is 0 Å². The molecule has 1 unspecified atom stereocenters. The normalized spacial score (nSPS) is 12.2. The van der Waals surface area contributed by atoms with Crippen LogP contribution in [0.25, 0.3) is 0 Å². The zero-order chi connectivity index (χ0) is 14.7. The van der Waals surface area contributed by atoms with Crippen LogP contribution in [-0.2, 0) is 11.3 Å². The quantitative estimate of drug-likeness (QED) is 0.915. The van der Waals surface area contributed by atoms with Gasteiger partial charge in [0.2, 0.25) is 5.91 Å². The third-order valence-electron chi connectivity index (χ3n) is 2.72. The van der Waals surface area contributed by atoms with E-state index in [1.807, 2.05) is 0 Å². The van der Waals surface area contributed by atoms with Crippen molar-refractivity contribution < 1.29 is 4.79 Å². The minimum absolute atomic E-state index is 0.188. The minimum Gasteiger partial charge on any atom is -0.323 e. The molecule has 0 fully saturated rings. The average molecular weight is 333 g/mol. The molecule has 1 heterocycles. The van der Waals surface area contributed by atoms with Crippen molar-refractivity contribution >= 4 is 46.4 Å². The smallest absolute Gasteiger partial charge is 0.229 e. The van der Waals surface area contributed by atoms with Crippen LogP contribution in [0.2, 0.25) is 15.1 Å². The summed E-state index contributed by atoms with van der Waals surface area (Å²) in [5.74, 6) is -0.495. The van der Waals surface area contributed by atoms with Crippen LogP contribution in [0.15, 0.2) is 30.6 Å². The zero-order valence-electron chi connectivity index (χ0n) is 10.6. The van der Waals surface area contributed by atoms with E-state index in [-0.39, 0.29) is 11.8 Å². The lowest BCUT2D eigenvalue weighted by molar-refractivity contribution is -0.119. The zero-order valence-corrected chi connectivity index (χ0v) is 12.9. The number of halogens is 3. The topological polar surface area (TPSA) is 46.9 Å². The summed E-state index contributed by atoms with van der Waals surface area (Å²) >= 11 is 17.8. The van der Waals surface area contributed by atoms with Gasteiger partial charge in [0.05, 0.1) is 39.4 Å². The van der Waals surface area contributed by atoms with Gasteiger partial charge in [-0.15, -0.1) is 0 Å². The molecule has 106 valence electrons. The molecule has 2 rings (SSSR count). The monoisotopic (exact) mass is 331 g/mol. The van der Waals surface area contributed by atoms with Gasteiger partial charge in [-0.1, -0.05) is 47.8 Å². The predicted molar refractivity (Wildman–Crippen MR) is 81.5 cm³/mol. The molecule has 20 heavy (non-hydrogen) atoms. The highest BCUT2D eigenvalue weighted by atomic mass is 35.5. The van der Waals surface area contributed by atoms with Crippen molar-refractivity contribution in [2.45, 2.75) is 13.5 Å². The molecule has 0 aliphatic heterocycles. The van der Waals surface area contributed by atoms with Gasteiger partial charge in [0.25, 0.3) is 0 Å². The Morgan fingerprint density at radius 2 is 2.00 bits per heavy atom. The largest absolute Gasteiger partial charge is 0.323 e. The molecular weight excluding hydrogens is 321 g/mol. The standard InChI is InChI=1S/C13H12Cl3N3O/c1-8(6-19-7-9(14)5-17-19)13(20)18-12-10(15)3-2-4-11(12)16/h2-5,7-8H,6H2,1H3,(H,18,20). The lowest BCUT2D eigenvalue weighted by Crippen LogP contribution is -2.24. The Balaban J connectivity index is 2.04. The Kier molecular flexibility index (Phi) is 4.91. The number of hydrogen-bond donors (Lipinski definition) is 1. The van der Waals surface area contributed by atoms with Crippen LogP contribution in [0.4, 0.5) is 5.69 Å². The molecule has 0 saturated carbocycles. The van der Waals surface area contributed by atoms with Crippen LogP contribution < -0.4 is 5.32 Å². The Labute approximate surface area is 131 Å². The van der Waals surface area contributed by atoms with E-state index in [0.717, 1.165) is 0 Å². The number of aromatic nitrogens is 2. The Bertz CT molecular complexity index is 607. The molecular formula is C13H12Cl3N3O. The van der Waals surface area contributed by atoms with E-state index >= 15 is 0 Å². The first-order valence-electron chi connectivity index (χ1n) is 5.90. The SMILES string of the molecule is CC(Cn1cc(Cl)cn1)C(=O)Nc1c(Cl)cccc1Cl. The second-order valence-electron chi connectivity index (χ2n) is 4.37. The Morgan fingerprint density at radius 1 is 1.35 bits per heavy atom. The molecule has 1 N–H and O–H groups in total. The summed E-state index contributed by atoms with van der Waals surface area (Å²) in [4.78, 5) is 12.1. The van der Waals surface area contributed by atoms with Crippen LogP contribution in [-0.4, -0.2) is 15.7 Å². The molecule has 0 bridgehead atoms. The molecule has 1 amide bonds. The van der Waals surface area contributed by atoms with Crippen molar-refractivity contribution in [3.8, 4) is 0 Å². The van der Waals surface area contributed by atoms with Gasteiger partial charge in [-0.05, 0) is 12.1 Å². The first-order chi connectivity index (χ1) is 9.47. The molecule has 0 aliphatic rings. The number of nitrogens with one attached hydrogen (secondary N) is 1. The molecule has 0 radical (unpaired) electrons. The molecule has 4 nitrogen and oxygen atoms in total. The van der Waals surface area contributed by atoms with Gasteiger partial charge in [0.1, 0.15) is 0 Å². The van der Waals surface area contributed by atoms with Gasteiger partial charge in [0.15, 0.2) is 0 Å². The van der Waals surface area contributed by atoms with Crippen LogP contribution in [0, 0.1) is 5.92 Å². The highest BCUT2D eigenvalue weighted by Gasteiger charge is 2.17. The van der Waals surface area contributed by atoms with Crippen LogP contribution >= 0.6 is 34.8 Å². The lowest BCUT2D eigenvalue weighted by Gasteiger charge is -2.14. The summed E-state index contributed by atoms with van der Waals surface area (Å²) in [5.41, 5.74) is 0.422. The predicted octanol–water partition coefficient (Wildman–Crippen LogP) is 4.12. The van der Waals surface area contributed by atoms with E-state index in [9.17, 15) is 4.79 Å². The molecule has 1 aromatic carbocycles. The summed E-state index contributed by atoms with van der Waals surface area (Å²) in [6.45, 7) is 2.20. The first-order valence-corrected chi connectivity index (χ1v) is 7.03. The summed E-state index contributed by atoms with van der Waals surface area (Å²) < 4.78 is 1.61. The van der Waals surface area contributed by atoms with Crippen LogP contribution in [0.1, 0.15) is 6.92 Å². The fourth-order valence-corrected chi connectivity index (χ4v) is 2.31. The molecule has 0 spiro atoms. The van der Waals surface area contributed by atoms with Gasteiger partial charge in [0, 0.05) is 6.20 Å². The van der Waals surface area contributed by atoms with Gasteiger partial charge < -0.3 is 5.32 Å². The maximum atomic E-state index is 12.1. The number of carbonyl (C=O) groups excluding carboxylic acids is 1. The third-order valence-corrected chi connectivity index (χ3v) is 3.55. The maximum absolute atomic E-state index is 12.1. The Hall–Kier alpha value is -1.23. The molecule has 0 aliphatic carbocycles. The highest BCUT2D eigenvalue weighted by Crippen LogP contribution is 2.30. The van der Waals surface area contributed by atoms with Crippen molar-refractivity contribution in [2.24, 2.45) is 5.92 Å².